The summed E-state index contributed by atoms with van der Waals surface area (Å²) in [4.78, 5) is 29.1. The molecule has 0 bridgehead atoms. The average Bonchev–Trinajstić information content (AvgIpc) is 2.81. The first-order chi connectivity index (χ1) is 15.5. The third-order valence-corrected chi connectivity index (χ3v) is 4.93. The number of nitrogens with zero attached hydrogens (tertiary/aromatic N) is 2. The highest BCUT2D eigenvalue weighted by molar-refractivity contribution is 5.78. The fraction of sp³-hybridized carbons (Fsp3) is 0.320. The Morgan fingerprint density at radius 2 is 1.81 bits per heavy atom. The zero-order valence-corrected chi connectivity index (χ0v) is 18.7. The van der Waals surface area contributed by atoms with Crippen molar-refractivity contribution in [1.82, 2.24) is 9.55 Å². The monoisotopic (exact) mass is 435 g/mol. The van der Waals surface area contributed by atoms with Gasteiger partial charge in [-0.05, 0) is 38.1 Å². The minimum atomic E-state index is -0.438. The molecule has 0 aliphatic rings. The quantitative estimate of drug-likeness (QED) is 0.486. The molecule has 3 aromatic rings. The fourth-order valence-electron chi connectivity index (χ4n) is 3.30. The summed E-state index contributed by atoms with van der Waals surface area (Å²) >= 11 is 0. The van der Waals surface area contributed by atoms with Crippen LogP contribution in [0.15, 0.2) is 65.5 Å². The van der Waals surface area contributed by atoms with Crippen LogP contribution in [0.4, 0.5) is 5.69 Å². The van der Waals surface area contributed by atoms with Crippen molar-refractivity contribution < 1.29 is 14.3 Å². The molecule has 0 saturated carbocycles. The molecule has 1 heterocycles. The maximum Gasteiger partial charge on any atom is 0.328 e. The Morgan fingerprint density at radius 1 is 1.09 bits per heavy atom. The molecule has 7 nitrogen and oxygen atoms in total. The van der Waals surface area contributed by atoms with E-state index >= 15 is 0 Å². The van der Waals surface area contributed by atoms with Gasteiger partial charge in [0, 0.05) is 23.7 Å². The molecule has 3 rings (SSSR count). The molecule has 0 spiro atoms. The number of hydrogen-bond acceptors (Lipinski definition) is 6. The number of carbonyl (C=O) groups excluding carboxylic acids is 1. The summed E-state index contributed by atoms with van der Waals surface area (Å²) in [5, 5.41) is 3.09. The summed E-state index contributed by atoms with van der Waals surface area (Å²) in [6, 6.07) is 18.1. The molecule has 0 aliphatic carbocycles. The molecule has 1 aromatic heterocycles. The first-order valence-electron chi connectivity index (χ1n) is 10.8. The predicted octanol–water partition coefficient (Wildman–Crippen LogP) is 3.92. The van der Waals surface area contributed by atoms with Crippen molar-refractivity contribution in [2.45, 2.75) is 39.8 Å². The number of hydrogen-bond donors (Lipinski definition) is 1. The number of esters is 1. The second-order valence-electron chi connectivity index (χ2n) is 7.26. The van der Waals surface area contributed by atoms with Crippen molar-refractivity contribution in [1.29, 1.82) is 0 Å². The maximum absolute atomic E-state index is 12.7. The number of nitrogens with one attached hydrogen (secondary N) is 1. The number of aryl methyl sites for hydroxylation is 1. The van der Waals surface area contributed by atoms with E-state index in [0.29, 0.717) is 37.6 Å². The van der Waals surface area contributed by atoms with Crippen LogP contribution in [0.2, 0.25) is 0 Å². The van der Waals surface area contributed by atoms with E-state index in [0.717, 1.165) is 17.1 Å². The van der Waals surface area contributed by atoms with Gasteiger partial charge in [-0.15, -0.1) is 0 Å². The van der Waals surface area contributed by atoms with Crippen LogP contribution in [0.25, 0.3) is 11.3 Å². The van der Waals surface area contributed by atoms with Crippen molar-refractivity contribution >= 4 is 11.7 Å². The number of rotatable bonds is 10. The average molecular weight is 436 g/mol. The SMILES string of the molecule is CCOC(=O)C(C)Nc1ccc(OCCn2c(CC)nc(-c3ccccc3)cc2=O)cc1. The molecule has 7 heteroatoms. The Kier molecular flexibility index (Phi) is 8.02. The molecule has 0 aliphatic heterocycles. The van der Waals surface area contributed by atoms with Crippen molar-refractivity contribution in [2.24, 2.45) is 0 Å². The summed E-state index contributed by atoms with van der Waals surface area (Å²) in [5.74, 6) is 1.11. The molecule has 2 aromatic carbocycles. The predicted molar refractivity (Wildman–Crippen MR) is 125 cm³/mol. The normalized spacial score (nSPS) is 11.6. The Balaban J connectivity index is 1.60. The van der Waals surface area contributed by atoms with Crippen molar-refractivity contribution in [3.05, 3.63) is 76.8 Å². The standard InChI is InChI=1S/C25H29N3O4/c1-4-23-27-22(19-9-7-6-8-10-19)17-24(29)28(23)15-16-32-21-13-11-20(12-14-21)26-18(3)25(30)31-5-2/h6-14,17-18,26H,4-5,15-16H2,1-3H3. The molecule has 32 heavy (non-hydrogen) atoms. The lowest BCUT2D eigenvalue weighted by Crippen LogP contribution is -2.28. The molecule has 1 unspecified atom stereocenters. The molecule has 1 N–H and O–H groups in total. The summed E-state index contributed by atoms with van der Waals surface area (Å²) < 4.78 is 12.5. The summed E-state index contributed by atoms with van der Waals surface area (Å²) in [7, 11) is 0. The lowest BCUT2D eigenvalue weighted by Gasteiger charge is -2.15. The Bertz CT molecular complexity index is 1080. The van der Waals surface area contributed by atoms with Crippen molar-refractivity contribution in [3.63, 3.8) is 0 Å². The van der Waals surface area contributed by atoms with E-state index in [-0.39, 0.29) is 11.5 Å². The summed E-state index contributed by atoms with van der Waals surface area (Å²) in [6.45, 7) is 6.61. The van der Waals surface area contributed by atoms with E-state index in [2.05, 4.69) is 10.3 Å². The number of carbonyl (C=O) groups is 1. The second-order valence-corrected chi connectivity index (χ2v) is 7.26. The molecular formula is C25H29N3O4. The highest BCUT2D eigenvalue weighted by atomic mass is 16.5. The van der Waals surface area contributed by atoms with Crippen LogP contribution in [0.5, 0.6) is 5.75 Å². The lowest BCUT2D eigenvalue weighted by atomic mass is 10.1. The largest absolute Gasteiger partial charge is 0.492 e. The van der Waals surface area contributed by atoms with Crippen molar-refractivity contribution in [2.75, 3.05) is 18.5 Å². The number of ether oxygens (including phenoxy) is 2. The van der Waals surface area contributed by atoms with E-state index in [4.69, 9.17) is 9.47 Å². The van der Waals surface area contributed by atoms with Crippen LogP contribution in [0, 0.1) is 0 Å². The van der Waals surface area contributed by atoms with Crippen LogP contribution in [0.1, 0.15) is 26.6 Å². The Morgan fingerprint density at radius 3 is 2.47 bits per heavy atom. The highest BCUT2D eigenvalue weighted by Gasteiger charge is 2.13. The van der Waals surface area contributed by atoms with E-state index in [1.165, 1.54) is 0 Å². The maximum atomic E-state index is 12.7. The minimum Gasteiger partial charge on any atom is -0.492 e. The third-order valence-electron chi connectivity index (χ3n) is 4.93. The van der Waals surface area contributed by atoms with Crippen molar-refractivity contribution in [3.8, 4) is 17.0 Å². The first kappa shape index (κ1) is 23.1. The smallest absolute Gasteiger partial charge is 0.328 e. The van der Waals surface area contributed by atoms with Gasteiger partial charge in [-0.3, -0.25) is 9.36 Å². The highest BCUT2D eigenvalue weighted by Crippen LogP contribution is 2.18. The zero-order valence-electron chi connectivity index (χ0n) is 18.7. The van der Waals surface area contributed by atoms with Crippen LogP contribution in [-0.4, -0.2) is 34.8 Å². The van der Waals surface area contributed by atoms with Gasteiger partial charge < -0.3 is 14.8 Å². The van der Waals surface area contributed by atoms with Gasteiger partial charge in [-0.25, -0.2) is 9.78 Å². The molecular weight excluding hydrogens is 406 g/mol. The van der Waals surface area contributed by atoms with Gasteiger partial charge in [0.15, 0.2) is 0 Å². The van der Waals surface area contributed by atoms with Crippen LogP contribution in [-0.2, 0) is 22.5 Å². The van der Waals surface area contributed by atoms with Gasteiger partial charge in [-0.1, -0.05) is 37.3 Å². The first-order valence-corrected chi connectivity index (χ1v) is 10.8. The summed E-state index contributed by atoms with van der Waals surface area (Å²) in [6.07, 6.45) is 0.648. The summed E-state index contributed by atoms with van der Waals surface area (Å²) in [5.41, 5.74) is 2.31. The van der Waals surface area contributed by atoms with Gasteiger partial charge in [0.25, 0.3) is 5.56 Å². The van der Waals surface area contributed by atoms with E-state index < -0.39 is 6.04 Å². The molecule has 0 amide bonds. The molecule has 0 fully saturated rings. The number of aromatic nitrogens is 2. The minimum absolute atomic E-state index is 0.0909. The van der Waals surface area contributed by atoms with Crippen LogP contribution < -0.4 is 15.6 Å². The topological polar surface area (TPSA) is 82.4 Å². The Labute approximate surface area is 188 Å². The molecule has 168 valence electrons. The molecule has 1 atom stereocenters. The van der Waals surface area contributed by atoms with E-state index in [9.17, 15) is 9.59 Å². The fourth-order valence-corrected chi connectivity index (χ4v) is 3.30. The number of anilines is 1. The Hall–Kier alpha value is -3.61. The molecule has 0 saturated heterocycles. The van der Waals surface area contributed by atoms with Gasteiger partial charge in [0.1, 0.15) is 24.2 Å². The second kappa shape index (κ2) is 11.1. The number of benzene rings is 2. The van der Waals surface area contributed by atoms with Gasteiger partial charge in [0.05, 0.1) is 18.8 Å². The third kappa shape index (κ3) is 5.97. The molecule has 0 radical (unpaired) electrons. The van der Waals surface area contributed by atoms with E-state index in [1.807, 2.05) is 61.5 Å². The van der Waals surface area contributed by atoms with Crippen LogP contribution in [0.3, 0.4) is 0 Å². The zero-order chi connectivity index (χ0) is 22.9. The van der Waals surface area contributed by atoms with Gasteiger partial charge in [-0.2, -0.15) is 0 Å². The van der Waals surface area contributed by atoms with Crippen LogP contribution >= 0.6 is 0 Å². The van der Waals surface area contributed by atoms with Gasteiger partial charge in [0.2, 0.25) is 0 Å². The van der Waals surface area contributed by atoms with E-state index in [1.54, 1.807) is 24.5 Å². The lowest BCUT2D eigenvalue weighted by molar-refractivity contribution is -0.143. The van der Waals surface area contributed by atoms with Gasteiger partial charge >= 0.3 is 5.97 Å².